The second kappa shape index (κ2) is 13.5. The Balaban J connectivity index is 1.41. The third-order valence-electron chi connectivity index (χ3n) is 9.37. The zero-order valence-electron chi connectivity index (χ0n) is 28.8. The third-order valence-corrected chi connectivity index (χ3v) is 9.70. The summed E-state index contributed by atoms with van der Waals surface area (Å²) in [7, 11) is 0. The number of benzene rings is 2. The molecule has 1 saturated carbocycles. The van der Waals surface area contributed by atoms with E-state index in [2.05, 4.69) is 30.9 Å². The van der Waals surface area contributed by atoms with Crippen LogP contribution in [0.25, 0.3) is 22.5 Å². The van der Waals surface area contributed by atoms with E-state index in [-0.39, 0.29) is 16.4 Å². The minimum atomic E-state index is -4.72. The van der Waals surface area contributed by atoms with Gasteiger partial charge < -0.3 is 15.4 Å². The van der Waals surface area contributed by atoms with Crippen LogP contribution in [0.3, 0.4) is 0 Å². The molecule has 2 amide bonds. The summed E-state index contributed by atoms with van der Waals surface area (Å²) < 4.78 is 64.5. The number of nitrogens with one attached hydrogen (secondary N) is 4. The van der Waals surface area contributed by atoms with E-state index >= 15 is 0 Å². The van der Waals surface area contributed by atoms with Crippen molar-refractivity contribution >= 4 is 29.6 Å². The number of hydrogen-bond acceptors (Lipinski definition) is 7. The summed E-state index contributed by atoms with van der Waals surface area (Å²) in [5, 5.41) is 25.5. The van der Waals surface area contributed by atoms with Gasteiger partial charge in [0.05, 0.1) is 34.3 Å². The average Bonchev–Trinajstić information content (AvgIpc) is 3.45. The molecule has 1 aliphatic heterocycles. The van der Waals surface area contributed by atoms with E-state index in [9.17, 15) is 27.2 Å². The van der Waals surface area contributed by atoms with E-state index in [0.29, 0.717) is 17.2 Å². The fraction of sp³-hybridized carbons (Fsp3) is 0.429. The summed E-state index contributed by atoms with van der Waals surface area (Å²) in [6.07, 6.45) is 0.453. The summed E-state index contributed by atoms with van der Waals surface area (Å²) in [6, 6.07) is 10.2. The van der Waals surface area contributed by atoms with Crippen molar-refractivity contribution in [3.8, 4) is 22.5 Å². The highest BCUT2D eigenvalue weighted by Gasteiger charge is 2.60. The largest absolute Gasteiger partial charge is 0.447 e. The molecular formula is C35H38ClF4N9O3. The lowest BCUT2D eigenvalue weighted by Crippen LogP contribution is -2.50. The maximum absolute atomic E-state index is 14.9. The van der Waals surface area contributed by atoms with Gasteiger partial charge in [0, 0.05) is 17.3 Å². The van der Waals surface area contributed by atoms with Gasteiger partial charge in [-0.1, -0.05) is 55.8 Å². The summed E-state index contributed by atoms with van der Waals surface area (Å²) in [6.45, 7) is 3.42. The first-order chi connectivity index (χ1) is 24.4. The van der Waals surface area contributed by atoms with E-state index in [1.807, 2.05) is 10.9 Å². The molecule has 276 valence electrons. The molecule has 3 heterocycles. The lowest BCUT2D eigenvalue weighted by molar-refractivity contribution is -0.218. The SMILES string of the molecule is CC(C)(CF)NC(=O)OCC(c1ccc(Cl)c(-c2ncn[nH]2)c1)N1C(=N)N[C@](CC(C)(C)C(F)(F)F)(c2ccc(-c3cnn(C4CC4)c3)cc2)C1=O. The zero-order chi connectivity index (χ0) is 37.6. The molecule has 17 heteroatoms. The monoisotopic (exact) mass is 743 g/mol. The van der Waals surface area contributed by atoms with Gasteiger partial charge in [0.15, 0.2) is 11.8 Å². The maximum atomic E-state index is 14.9. The standard InChI is InChI=1S/C35H38ClF4N9O3/c1-32(2,35(38,39)40)17-34(23-8-5-20(6-9-23)22-14-44-48(15-22)24-10-11-24)29(50)49(30(41)45-34)27(16-52-31(51)46-33(3,4)18-37)21-7-12-26(36)25(13-21)28-42-19-43-47-28/h5-9,12-15,19,24,27H,10-11,16-18H2,1-4H3,(H2,41,45)(H,46,51)(H,42,43,47)/t27?,34-/m1/s1. The van der Waals surface area contributed by atoms with Gasteiger partial charge in [-0.25, -0.2) is 14.2 Å². The molecule has 0 bridgehead atoms. The molecule has 2 aliphatic rings. The summed E-state index contributed by atoms with van der Waals surface area (Å²) in [5.41, 5.74) is -3.33. The highest BCUT2D eigenvalue weighted by Crippen LogP contribution is 2.49. The van der Waals surface area contributed by atoms with Crippen molar-refractivity contribution in [2.24, 2.45) is 5.41 Å². The van der Waals surface area contributed by atoms with Gasteiger partial charge in [-0.3, -0.25) is 24.9 Å². The van der Waals surface area contributed by atoms with Crippen LogP contribution in [0, 0.1) is 10.8 Å². The number of aromatic amines is 1. The normalized spacial score (nSPS) is 18.8. The second-order valence-electron chi connectivity index (χ2n) is 14.5. The van der Waals surface area contributed by atoms with Crippen molar-refractivity contribution in [3.05, 3.63) is 77.3 Å². The Hall–Kier alpha value is -4.99. The number of hydrogen-bond donors (Lipinski definition) is 4. The van der Waals surface area contributed by atoms with E-state index in [1.165, 1.54) is 32.3 Å². The Morgan fingerprint density at radius 1 is 1.13 bits per heavy atom. The lowest BCUT2D eigenvalue weighted by Gasteiger charge is -2.37. The van der Waals surface area contributed by atoms with Crippen LogP contribution in [0.1, 0.15) is 70.2 Å². The number of aromatic nitrogens is 5. The molecule has 1 unspecified atom stereocenters. The number of ether oxygens (including phenoxy) is 1. The number of alkyl halides is 4. The number of rotatable bonds is 12. The number of carbonyl (C=O) groups is 2. The smallest absolute Gasteiger partial charge is 0.407 e. The molecule has 4 aromatic rings. The minimum absolute atomic E-state index is 0.195. The molecule has 2 atom stereocenters. The molecule has 0 spiro atoms. The topological polar surface area (TPSA) is 154 Å². The van der Waals surface area contributed by atoms with Crippen LogP contribution in [0.4, 0.5) is 22.4 Å². The van der Waals surface area contributed by atoms with E-state index in [0.717, 1.165) is 42.7 Å². The quantitative estimate of drug-likeness (QED) is 0.113. The van der Waals surface area contributed by atoms with Crippen molar-refractivity contribution in [2.75, 3.05) is 13.3 Å². The van der Waals surface area contributed by atoms with Gasteiger partial charge in [0.1, 0.15) is 25.1 Å². The minimum Gasteiger partial charge on any atom is -0.447 e. The molecule has 2 aromatic heterocycles. The Kier molecular flexibility index (Phi) is 9.57. The number of H-pyrrole nitrogens is 1. The van der Waals surface area contributed by atoms with Crippen LogP contribution in [0.15, 0.2) is 61.2 Å². The van der Waals surface area contributed by atoms with E-state index in [4.69, 9.17) is 21.7 Å². The Labute approximate surface area is 301 Å². The van der Waals surface area contributed by atoms with Crippen LogP contribution in [0.2, 0.25) is 5.02 Å². The van der Waals surface area contributed by atoms with Gasteiger partial charge in [-0.2, -0.15) is 23.4 Å². The van der Waals surface area contributed by atoms with Gasteiger partial charge in [-0.05, 0) is 61.9 Å². The molecule has 0 radical (unpaired) electrons. The first-order valence-electron chi connectivity index (χ1n) is 16.5. The molecule has 1 aliphatic carbocycles. The molecule has 4 N–H and O–H groups in total. The van der Waals surface area contributed by atoms with Crippen molar-refractivity contribution in [3.63, 3.8) is 0 Å². The van der Waals surface area contributed by atoms with Gasteiger partial charge in [0.2, 0.25) is 0 Å². The second-order valence-corrected chi connectivity index (χ2v) is 14.9. The molecular weight excluding hydrogens is 706 g/mol. The fourth-order valence-electron chi connectivity index (χ4n) is 6.16. The van der Waals surface area contributed by atoms with Crippen LogP contribution in [-0.2, 0) is 15.1 Å². The number of alkyl carbamates (subject to hydrolysis) is 1. The summed E-state index contributed by atoms with van der Waals surface area (Å²) in [4.78, 5) is 32.8. The first-order valence-corrected chi connectivity index (χ1v) is 16.9. The van der Waals surface area contributed by atoms with E-state index < -0.39 is 66.4 Å². The molecule has 52 heavy (non-hydrogen) atoms. The summed E-state index contributed by atoms with van der Waals surface area (Å²) in [5.74, 6) is -1.12. The van der Waals surface area contributed by atoms with Gasteiger partial charge in [-0.15, -0.1) is 0 Å². The lowest BCUT2D eigenvalue weighted by atomic mass is 9.73. The maximum Gasteiger partial charge on any atom is 0.407 e. The summed E-state index contributed by atoms with van der Waals surface area (Å²) >= 11 is 6.48. The predicted octanol–water partition coefficient (Wildman–Crippen LogP) is 7.08. The molecule has 12 nitrogen and oxygen atoms in total. The van der Waals surface area contributed by atoms with Crippen molar-refractivity contribution < 1.29 is 31.9 Å². The predicted molar refractivity (Wildman–Crippen MR) is 184 cm³/mol. The average molecular weight is 744 g/mol. The van der Waals surface area contributed by atoms with E-state index in [1.54, 1.807) is 36.5 Å². The molecule has 1 saturated heterocycles. The number of nitrogens with zero attached hydrogens (tertiary/aromatic N) is 5. The Morgan fingerprint density at radius 2 is 1.85 bits per heavy atom. The van der Waals surface area contributed by atoms with Crippen LogP contribution >= 0.6 is 11.6 Å². The third kappa shape index (κ3) is 7.20. The number of guanidine groups is 1. The van der Waals surface area contributed by atoms with Crippen LogP contribution in [0.5, 0.6) is 0 Å². The molecule has 2 fully saturated rings. The number of carbonyl (C=O) groups excluding carboxylic acids is 2. The van der Waals surface area contributed by atoms with Crippen molar-refractivity contribution in [2.45, 2.75) is 76.3 Å². The molecule has 2 aromatic carbocycles. The van der Waals surface area contributed by atoms with Crippen molar-refractivity contribution in [1.82, 2.24) is 40.5 Å². The van der Waals surface area contributed by atoms with Crippen LogP contribution < -0.4 is 10.6 Å². The van der Waals surface area contributed by atoms with Crippen molar-refractivity contribution in [1.29, 1.82) is 5.41 Å². The first kappa shape index (κ1) is 36.8. The number of halogens is 5. The Morgan fingerprint density at radius 3 is 2.46 bits per heavy atom. The Bertz CT molecular complexity index is 1960. The van der Waals surface area contributed by atoms with Crippen LogP contribution in [-0.4, -0.2) is 72.8 Å². The van der Waals surface area contributed by atoms with Gasteiger partial charge in [0.25, 0.3) is 5.91 Å². The fourth-order valence-corrected chi connectivity index (χ4v) is 6.37. The highest BCUT2D eigenvalue weighted by atomic mass is 35.5. The number of amides is 2. The molecule has 6 rings (SSSR count). The zero-order valence-corrected chi connectivity index (χ0v) is 29.6. The van der Waals surface area contributed by atoms with Gasteiger partial charge >= 0.3 is 12.3 Å². The highest BCUT2D eigenvalue weighted by molar-refractivity contribution is 6.33.